The maximum absolute atomic E-state index is 12.6. The number of benzene rings is 2. The van der Waals surface area contributed by atoms with E-state index in [0.717, 1.165) is 46.0 Å². The molecular formula is C25H28N2O3. The summed E-state index contributed by atoms with van der Waals surface area (Å²) in [4.78, 5) is 12.6. The Kier molecular flexibility index (Phi) is 6.72. The smallest absolute Gasteiger partial charge is 0.189 e. The van der Waals surface area contributed by atoms with E-state index in [9.17, 15) is 4.79 Å². The molecule has 0 saturated heterocycles. The molecule has 30 heavy (non-hydrogen) atoms. The van der Waals surface area contributed by atoms with Crippen molar-refractivity contribution >= 4 is 11.9 Å². The van der Waals surface area contributed by atoms with Crippen LogP contribution in [0.3, 0.4) is 0 Å². The van der Waals surface area contributed by atoms with Gasteiger partial charge >= 0.3 is 0 Å². The number of carbonyl (C=O) groups excluding carboxylic acids is 1. The number of methoxy groups -OCH3 is 1. The quantitative estimate of drug-likeness (QED) is 0.377. The van der Waals surface area contributed by atoms with Crippen LogP contribution in [0.15, 0.2) is 48.7 Å². The number of rotatable bonds is 8. The van der Waals surface area contributed by atoms with Crippen molar-refractivity contribution in [1.82, 2.24) is 9.78 Å². The first-order valence-corrected chi connectivity index (χ1v) is 10.0. The van der Waals surface area contributed by atoms with Gasteiger partial charge in [-0.25, -0.2) is 0 Å². The maximum Gasteiger partial charge on any atom is 0.189 e. The number of hydrogen-bond donors (Lipinski definition) is 0. The Hall–Kier alpha value is -3.34. The van der Waals surface area contributed by atoms with Crippen LogP contribution in [0.5, 0.6) is 11.5 Å². The molecule has 5 heteroatoms. The van der Waals surface area contributed by atoms with Crippen molar-refractivity contribution in [2.45, 2.75) is 40.8 Å². The minimum atomic E-state index is -0.0589. The Morgan fingerprint density at radius 2 is 1.87 bits per heavy atom. The Bertz CT molecular complexity index is 1060. The lowest BCUT2D eigenvalue weighted by molar-refractivity contribution is 0.104. The molecule has 0 aliphatic heterocycles. The van der Waals surface area contributed by atoms with Crippen molar-refractivity contribution in [2.75, 3.05) is 7.11 Å². The van der Waals surface area contributed by atoms with Gasteiger partial charge in [-0.2, -0.15) is 5.10 Å². The zero-order chi connectivity index (χ0) is 21.7. The zero-order valence-electron chi connectivity index (χ0n) is 18.2. The number of para-hydroxylation sites is 1. The second kappa shape index (κ2) is 9.44. The second-order valence-corrected chi connectivity index (χ2v) is 7.24. The highest BCUT2D eigenvalue weighted by Crippen LogP contribution is 2.27. The number of aromatic nitrogens is 2. The summed E-state index contributed by atoms with van der Waals surface area (Å²) in [6.45, 7) is 9.11. The van der Waals surface area contributed by atoms with Gasteiger partial charge in [-0.3, -0.25) is 9.48 Å². The summed E-state index contributed by atoms with van der Waals surface area (Å²) in [5.74, 6) is 1.58. The molecule has 3 aromatic rings. The SMILES string of the molecule is CCn1ncc(C(=O)/C=C/c2ccc(OC)c(COc3c(C)cccc3C)c2)c1C. The summed E-state index contributed by atoms with van der Waals surface area (Å²) in [7, 11) is 1.64. The van der Waals surface area contributed by atoms with E-state index in [2.05, 4.69) is 5.10 Å². The third-order valence-electron chi connectivity index (χ3n) is 5.18. The lowest BCUT2D eigenvalue weighted by atomic mass is 10.1. The van der Waals surface area contributed by atoms with Crippen molar-refractivity contribution in [3.8, 4) is 11.5 Å². The summed E-state index contributed by atoms with van der Waals surface area (Å²) in [5, 5.41) is 4.24. The number of nitrogens with zero attached hydrogens (tertiary/aromatic N) is 2. The van der Waals surface area contributed by atoms with E-state index in [4.69, 9.17) is 9.47 Å². The maximum atomic E-state index is 12.6. The monoisotopic (exact) mass is 404 g/mol. The van der Waals surface area contributed by atoms with E-state index in [1.54, 1.807) is 19.4 Å². The minimum absolute atomic E-state index is 0.0589. The summed E-state index contributed by atoms with van der Waals surface area (Å²) in [6, 6.07) is 11.9. The van der Waals surface area contributed by atoms with Gasteiger partial charge in [0.1, 0.15) is 18.1 Å². The number of ether oxygens (including phenoxy) is 2. The largest absolute Gasteiger partial charge is 0.496 e. The molecule has 2 aromatic carbocycles. The molecule has 0 aliphatic rings. The Labute approximate surface area is 178 Å². The van der Waals surface area contributed by atoms with Gasteiger partial charge in [-0.05, 0) is 62.6 Å². The first-order valence-electron chi connectivity index (χ1n) is 10.0. The first-order chi connectivity index (χ1) is 14.4. The normalized spacial score (nSPS) is 11.1. The van der Waals surface area contributed by atoms with E-state index in [1.165, 1.54) is 0 Å². The highest BCUT2D eigenvalue weighted by Gasteiger charge is 2.12. The van der Waals surface area contributed by atoms with Crippen LogP contribution in [0.1, 0.15) is 45.2 Å². The van der Waals surface area contributed by atoms with Gasteiger partial charge in [0.05, 0.1) is 18.9 Å². The van der Waals surface area contributed by atoms with Gasteiger partial charge in [0.25, 0.3) is 0 Å². The van der Waals surface area contributed by atoms with Crippen LogP contribution in [-0.4, -0.2) is 22.7 Å². The molecule has 0 atom stereocenters. The van der Waals surface area contributed by atoms with Crippen molar-refractivity contribution in [2.24, 2.45) is 0 Å². The van der Waals surface area contributed by atoms with E-state index in [0.29, 0.717) is 12.2 Å². The molecule has 156 valence electrons. The molecule has 0 saturated carbocycles. The van der Waals surface area contributed by atoms with Crippen LogP contribution in [0.4, 0.5) is 0 Å². The standard InChI is InChI=1S/C25H28N2O3/c1-6-27-19(4)22(15-26-27)23(28)12-10-20-11-13-24(29-5)21(14-20)16-30-25-17(2)8-7-9-18(25)3/h7-15H,6,16H2,1-5H3/b12-10+. The van der Waals surface area contributed by atoms with E-state index < -0.39 is 0 Å². The van der Waals surface area contributed by atoms with Crippen molar-refractivity contribution in [3.05, 3.63) is 82.2 Å². The van der Waals surface area contributed by atoms with Gasteiger partial charge in [0, 0.05) is 17.8 Å². The molecule has 0 radical (unpaired) electrons. The zero-order valence-corrected chi connectivity index (χ0v) is 18.2. The van der Waals surface area contributed by atoms with E-state index >= 15 is 0 Å². The molecule has 0 N–H and O–H groups in total. The molecule has 5 nitrogen and oxygen atoms in total. The summed E-state index contributed by atoms with van der Waals surface area (Å²) in [5.41, 5.74) is 5.52. The molecule has 0 bridgehead atoms. The molecule has 3 rings (SSSR count). The predicted octanol–water partition coefficient (Wildman–Crippen LogP) is 5.31. The fourth-order valence-electron chi connectivity index (χ4n) is 3.46. The molecule has 0 fully saturated rings. The molecule has 0 aliphatic carbocycles. The number of ketones is 1. The van der Waals surface area contributed by atoms with Crippen LogP contribution in [0.25, 0.3) is 6.08 Å². The second-order valence-electron chi connectivity index (χ2n) is 7.24. The Balaban J connectivity index is 1.79. The van der Waals surface area contributed by atoms with Crippen molar-refractivity contribution < 1.29 is 14.3 Å². The minimum Gasteiger partial charge on any atom is -0.496 e. The Morgan fingerprint density at radius 3 is 2.50 bits per heavy atom. The summed E-state index contributed by atoms with van der Waals surface area (Å²) < 4.78 is 13.4. The summed E-state index contributed by atoms with van der Waals surface area (Å²) >= 11 is 0. The van der Waals surface area contributed by atoms with Gasteiger partial charge in [-0.15, -0.1) is 0 Å². The fourth-order valence-corrected chi connectivity index (χ4v) is 3.46. The molecule has 1 heterocycles. The highest BCUT2D eigenvalue weighted by molar-refractivity contribution is 6.07. The third kappa shape index (κ3) is 4.62. The fraction of sp³-hybridized carbons (Fsp3) is 0.280. The number of allylic oxidation sites excluding steroid dienone is 1. The van der Waals surface area contributed by atoms with Crippen molar-refractivity contribution in [3.63, 3.8) is 0 Å². The first kappa shape index (κ1) is 21.4. The molecule has 0 spiro atoms. The number of carbonyl (C=O) groups is 1. The predicted molar refractivity (Wildman–Crippen MR) is 119 cm³/mol. The van der Waals surface area contributed by atoms with Crippen molar-refractivity contribution in [1.29, 1.82) is 0 Å². The average molecular weight is 405 g/mol. The van der Waals surface area contributed by atoms with E-state index in [-0.39, 0.29) is 5.78 Å². The highest BCUT2D eigenvalue weighted by atomic mass is 16.5. The average Bonchev–Trinajstić information content (AvgIpc) is 3.12. The number of hydrogen-bond acceptors (Lipinski definition) is 4. The third-order valence-corrected chi connectivity index (χ3v) is 5.18. The molecular weight excluding hydrogens is 376 g/mol. The van der Waals surface area contributed by atoms with Crippen LogP contribution in [0.2, 0.25) is 0 Å². The van der Waals surface area contributed by atoms with Gasteiger partial charge < -0.3 is 9.47 Å². The van der Waals surface area contributed by atoms with Gasteiger partial charge in [0.15, 0.2) is 5.78 Å². The molecule has 0 unspecified atom stereocenters. The van der Waals surface area contributed by atoms with Crippen LogP contribution in [-0.2, 0) is 13.2 Å². The van der Waals surface area contributed by atoms with Gasteiger partial charge in [-0.1, -0.05) is 30.3 Å². The molecule has 1 aromatic heterocycles. The van der Waals surface area contributed by atoms with E-state index in [1.807, 2.05) is 74.9 Å². The van der Waals surface area contributed by atoms with Crippen LogP contribution in [0, 0.1) is 20.8 Å². The molecule has 0 amide bonds. The topological polar surface area (TPSA) is 53.4 Å². The Morgan fingerprint density at radius 1 is 1.13 bits per heavy atom. The van der Waals surface area contributed by atoms with Crippen LogP contribution < -0.4 is 9.47 Å². The number of aryl methyl sites for hydroxylation is 3. The van der Waals surface area contributed by atoms with Gasteiger partial charge in [0.2, 0.25) is 0 Å². The van der Waals surface area contributed by atoms with Crippen LogP contribution >= 0.6 is 0 Å². The lowest BCUT2D eigenvalue weighted by Crippen LogP contribution is -2.02. The lowest BCUT2D eigenvalue weighted by Gasteiger charge is -2.14. The summed E-state index contributed by atoms with van der Waals surface area (Å²) in [6.07, 6.45) is 5.03.